The van der Waals surface area contributed by atoms with Gasteiger partial charge in [-0.2, -0.15) is 0 Å². The van der Waals surface area contributed by atoms with Crippen molar-refractivity contribution in [3.8, 4) is 5.75 Å². The van der Waals surface area contributed by atoms with Gasteiger partial charge in [-0.15, -0.1) is 0 Å². The Morgan fingerprint density at radius 3 is 2.53 bits per heavy atom. The highest BCUT2D eigenvalue weighted by atomic mass is 35.5. The average Bonchev–Trinajstić information content (AvgIpc) is 2.20. The fourth-order valence-corrected chi connectivity index (χ4v) is 1.67. The van der Waals surface area contributed by atoms with Crippen molar-refractivity contribution in [3.63, 3.8) is 0 Å². The summed E-state index contributed by atoms with van der Waals surface area (Å²) in [6.45, 7) is 1.70. The minimum atomic E-state index is -0.922. The molecule has 2 N–H and O–H groups in total. The number of Topliss-reactive ketones (excluding diaryl/α,β-unsaturated/α-hetero) is 1. The molecule has 1 atom stereocenters. The van der Waals surface area contributed by atoms with Crippen LogP contribution in [0.2, 0.25) is 5.02 Å². The number of benzene rings is 1. The van der Waals surface area contributed by atoms with Crippen LogP contribution in [-0.4, -0.2) is 22.0 Å². The summed E-state index contributed by atoms with van der Waals surface area (Å²) in [7, 11) is 0. The minimum absolute atomic E-state index is 0.0441. The zero-order valence-corrected chi connectivity index (χ0v) is 10.1. The highest BCUT2D eigenvalue weighted by molar-refractivity contribution is 6.32. The van der Waals surface area contributed by atoms with E-state index in [9.17, 15) is 14.7 Å². The number of aliphatic carboxylic acids is 1. The molecule has 1 aromatic carbocycles. The molecule has 92 valence electrons. The van der Waals surface area contributed by atoms with E-state index in [4.69, 9.17) is 16.7 Å². The molecule has 5 heteroatoms. The molecule has 0 spiro atoms. The van der Waals surface area contributed by atoms with Crippen molar-refractivity contribution in [3.05, 3.63) is 28.8 Å². The lowest BCUT2D eigenvalue weighted by molar-refractivity contribution is -0.137. The second-order valence-electron chi connectivity index (χ2n) is 4.00. The van der Waals surface area contributed by atoms with Crippen LogP contribution >= 0.6 is 11.6 Å². The normalized spacial score (nSPS) is 12.1. The van der Waals surface area contributed by atoms with Gasteiger partial charge in [0.25, 0.3) is 0 Å². The molecule has 0 aliphatic carbocycles. The molecule has 0 bridgehead atoms. The first-order valence-electron chi connectivity index (χ1n) is 5.13. The van der Waals surface area contributed by atoms with Crippen molar-refractivity contribution < 1.29 is 19.8 Å². The molecule has 0 aliphatic rings. The summed E-state index contributed by atoms with van der Waals surface area (Å²) in [6.07, 6.45) is 0.102. The molecule has 1 rings (SSSR count). The van der Waals surface area contributed by atoms with Crippen molar-refractivity contribution in [1.82, 2.24) is 0 Å². The van der Waals surface area contributed by atoms with Crippen molar-refractivity contribution in [2.24, 2.45) is 5.92 Å². The number of phenols is 1. The van der Waals surface area contributed by atoms with E-state index in [-0.39, 0.29) is 35.3 Å². The third-order valence-electron chi connectivity index (χ3n) is 2.33. The molecule has 0 aliphatic heterocycles. The Kier molecular flexibility index (Phi) is 4.52. The maximum absolute atomic E-state index is 11.8. The van der Waals surface area contributed by atoms with Crippen LogP contribution in [0.4, 0.5) is 0 Å². The lowest BCUT2D eigenvalue weighted by atomic mass is 9.97. The molecule has 1 aromatic rings. The predicted octanol–water partition coefficient (Wildman–Crippen LogP) is 2.73. The molecule has 0 amide bonds. The lowest BCUT2D eigenvalue weighted by Gasteiger charge is -2.08. The van der Waals surface area contributed by atoms with Crippen molar-refractivity contribution >= 4 is 23.4 Å². The van der Waals surface area contributed by atoms with Crippen LogP contribution in [-0.2, 0) is 4.79 Å². The van der Waals surface area contributed by atoms with Gasteiger partial charge in [0.05, 0.1) is 5.02 Å². The van der Waals surface area contributed by atoms with E-state index < -0.39 is 5.97 Å². The second kappa shape index (κ2) is 5.68. The number of halogens is 1. The van der Waals surface area contributed by atoms with Crippen LogP contribution < -0.4 is 0 Å². The van der Waals surface area contributed by atoms with Gasteiger partial charge >= 0.3 is 5.97 Å². The molecular weight excluding hydrogens is 244 g/mol. The number of aromatic hydroxyl groups is 1. The molecule has 0 aromatic heterocycles. The van der Waals surface area contributed by atoms with Crippen molar-refractivity contribution in [1.29, 1.82) is 0 Å². The van der Waals surface area contributed by atoms with Gasteiger partial charge in [0, 0.05) is 18.4 Å². The zero-order chi connectivity index (χ0) is 13.0. The van der Waals surface area contributed by atoms with Gasteiger partial charge < -0.3 is 10.2 Å². The van der Waals surface area contributed by atoms with Gasteiger partial charge in [-0.25, -0.2) is 0 Å². The van der Waals surface area contributed by atoms with E-state index >= 15 is 0 Å². The van der Waals surface area contributed by atoms with Crippen molar-refractivity contribution in [2.75, 3.05) is 0 Å². The van der Waals surface area contributed by atoms with Crippen molar-refractivity contribution in [2.45, 2.75) is 19.8 Å². The predicted molar refractivity (Wildman–Crippen MR) is 63.5 cm³/mol. The molecule has 0 heterocycles. The molecule has 0 radical (unpaired) electrons. The largest absolute Gasteiger partial charge is 0.506 e. The summed E-state index contributed by atoms with van der Waals surface area (Å²) in [6, 6.07) is 4.20. The topological polar surface area (TPSA) is 74.6 Å². The Hall–Kier alpha value is -1.55. The molecular formula is C12H13ClO4. The van der Waals surface area contributed by atoms with Crippen LogP contribution in [0, 0.1) is 5.92 Å². The fourth-order valence-electron chi connectivity index (χ4n) is 1.48. The third kappa shape index (κ3) is 4.07. The van der Waals surface area contributed by atoms with Gasteiger partial charge in [0.2, 0.25) is 0 Å². The summed E-state index contributed by atoms with van der Waals surface area (Å²) in [4.78, 5) is 22.2. The minimum Gasteiger partial charge on any atom is -0.506 e. The van der Waals surface area contributed by atoms with Gasteiger partial charge in [-0.05, 0) is 24.1 Å². The quantitative estimate of drug-likeness (QED) is 0.795. The van der Waals surface area contributed by atoms with Crippen LogP contribution in [0.25, 0.3) is 0 Å². The Morgan fingerprint density at radius 1 is 1.35 bits per heavy atom. The van der Waals surface area contributed by atoms with Gasteiger partial charge in [0.1, 0.15) is 5.75 Å². The number of carboxylic acids is 1. The monoisotopic (exact) mass is 256 g/mol. The Balaban J connectivity index is 2.70. The maximum atomic E-state index is 11.8. The van der Waals surface area contributed by atoms with Crippen LogP contribution in [0.1, 0.15) is 30.1 Å². The average molecular weight is 257 g/mol. The maximum Gasteiger partial charge on any atom is 0.303 e. The van der Waals surface area contributed by atoms with Gasteiger partial charge in [-0.1, -0.05) is 18.5 Å². The molecule has 1 unspecified atom stereocenters. The lowest BCUT2D eigenvalue weighted by Crippen LogP contribution is -2.10. The summed E-state index contributed by atoms with van der Waals surface area (Å²) in [5, 5.41) is 17.9. The van der Waals surface area contributed by atoms with Crippen LogP contribution in [0.5, 0.6) is 5.75 Å². The Morgan fingerprint density at radius 2 is 2.00 bits per heavy atom. The number of ketones is 1. The standard InChI is InChI=1S/C12H13ClO4/c1-7(5-12(16)17)4-11(15)8-2-3-10(14)9(13)6-8/h2-3,6-7,14H,4-5H2,1H3,(H,16,17). The van der Waals surface area contributed by atoms with Crippen LogP contribution in [0.3, 0.4) is 0 Å². The number of hydrogen-bond donors (Lipinski definition) is 2. The first kappa shape index (κ1) is 13.5. The van der Waals surface area contributed by atoms with Crippen LogP contribution in [0.15, 0.2) is 18.2 Å². The first-order valence-corrected chi connectivity index (χ1v) is 5.51. The van der Waals surface area contributed by atoms with Gasteiger partial charge in [0.15, 0.2) is 5.78 Å². The molecule has 0 saturated heterocycles. The zero-order valence-electron chi connectivity index (χ0n) is 9.31. The smallest absolute Gasteiger partial charge is 0.303 e. The van der Waals surface area contributed by atoms with E-state index in [1.54, 1.807) is 6.92 Å². The summed E-state index contributed by atoms with van der Waals surface area (Å²) >= 11 is 5.68. The highest BCUT2D eigenvalue weighted by Gasteiger charge is 2.15. The van der Waals surface area contributed by atoms with E-state index in [1.165, 1.54) is 18.2 Å². The molecule has 17 heavy (non-hydrogen) atoms. The fraction of sp³-hybridized carbons (Fsp3) is 0.333. The number of carboxylic acid groups (broad SMARTS) is 1. The number of phenolic OH excluding ortho intramolecular Hbond substituents is 1. The number of carbonyl (C=O) groups is 2. The van der Waals surface area contributed by atoms with E-state index in [0.717, 1.165) is 0 Å². The molecule has 0 saturated carbocycles. The third-order valence-corrected chi connectivity index (χ3v) is 2.63. The number of hydrogen-bond acceptors (Lipinski definition) is 3. The number of carbonyl (C=O) groups excluding carboxylic acids is 1. The molecule has 0 fully saturated rings. The summed E-state index contributed by atoms with van der Waals surface area (Å²) in [5.74, 6) is -1.41. The van der Waals surface area contributed by atoms with E-state index in [2.05, 4.69) is 0 Å². The van der Waals surface area contributed by atoms with E-state index in [0.29, 0.717) is 5.56 Å². The van der Waals surface area contributed by atoms with Gasteiger partial charge in [-0.3, -0.25) is 9.59 Å². The Bertz CT molecular complexity index is 442. The number of rotatable bonds is 5. The Labute approximate surface area is 104 Å². The molecule has 4 nitrogen and oxygen atoms in total. The summed E-state index contributed by atoms with van der Waals surface area (Å²) < 4.78 is 0. The SMILES string of the molecule is CC(CC(=O)O)CC(=O)c1ccc(O)c(Cl)c1. The van der Waals surface area contributed by atoms with E-state index in [1.807, 2.05) is 0 Å². The highest BCUT2D eigenvalue weighted by Crippen LogP contribution is 2.25. The second-order valence-corrected chi connectivity index (χ2v) is 4.40. The first-order chi connectivity index (χ1) is 7.90. The summed E-state index contributed by atoms with van der Waals surface area (Å²) in [5.41, 5.74) is 0.380.